The zero-order chi connectivity index (χ0) is 22.8. The second kappa shape index (κ2) is 9.08. The third-order valence-corrected chi connectivity index (χ3v) is 8.14. The van der Waals surface area contributed by atoms with Gasteiger partial charge >= 0.3 is 0 Å². The first-order valence-corrected chi connectivity index (χ1v) is 13.0. The van der Waals surface area contributed by atoms with Gasteiger partial charge in [0, 0.05) is 31.3 Å². The molecule has 0 radical (unpaired) electrons. The number of para-hydroxylation sites is 1. The molecule has 0 spiro atoms. The highest BCUT2D eigenvalue weighted by molar-refractivity contribution is 7.98. The van der Waals surface area contributed by atoms with Crippen LogP contribution in [0.5, 0.6) is 0 Å². The fourth-order valence-corrected chi connectivity index (χ4v) is 6.11. The topological polar surface area (TPSA) is 107 Å². The first-order chi connectivity index (χ1) is 16.0. The van der Waals surface area contributed by atoms with Crippen molar-refractivity contribution in [2.75, 3.05) is 13.1 Å². The van der Waals surface area contributed by atoms with Gasteiger partial charge in [-0.05, 0) is 37.1 Å². The number of nitrogens with zero attached hydrogens (tertiary/aromatic N) is 6. The van der Waals surface area contributed by atoms with Crippen molar-refractivity contribution in [1.29, 1.82) is 0 Å². The quantitative estimate of drug-likeness (QED) is 0.367. The fourth-order valence-electron chi connectivity index (χ4n) is 3.76. The lowest BCUT2D eigenvalue weighted by Crippen LogP contribution is -2.27. The molecule has 0 unspecified atom stereocenters. The Hall–Kier alpha value is -3.02. The van der Waals surface area contributed by atoms with Crippen molar-refractivity contribution in [3.8, 4) is 17.1 Å². The Balaban J connectivity index is 1.53. The van der Waals surface area contributed by atoms with Crippen LogP contribution in [0, 0.1) is 6.92 Å². The largest absolute Gasteiger partial charge is 0.425 e. The molecule has 2 aromatic carbocycles. The van der Waals surface area contributed by atoms with Crippen molar-refractivity contribution in [2.45, 2.75) is 35.6 Å². The van der Waals surface area contributed by atoms with Gasteiger partial charge in [0.25, 0.3) is 0 Å². The molecule has 11 heteroatoms. The van der Waals surface area contributed by atoms with E-state index in [2.05, 4.69) is 20.4 Å². The van der Waals surface area contributed by atoms with Crippen LogP contribution < -0.4 is 0 Å². The molecular formula is C22H22N6O3S2. The maximum Gasteiger partial charge on any atom is 0.243 e. The van der Waals surface area contributed by atoms with Gasteiger partial charge in [0.2, 0.25) is 21.8 Å². The van der Waals surface area contributed by atoms with Gasteiger partial charge in [0.05, 0.1) is 10.6 Å². The molecule has 9 nitrogen and oxygen atoms in total. The van der Waals surface area contributed by atoms with E-state index in [-0.39, 0.29) is 4.90 Å². The first-order valence-electron chi connectivity index (χ1n) is 10.6. The summed E-state index contributed by atoms with van der Waals surface area (Å²) >= 11 is 1.42. The molecule has 2 aromatic heterocycles. The molecule has 5 rings (SSSR count). The second-order valence-corrected chi connectivity index (χ2v) is 10.5. The zero-order valence-corrected chi connectivity index (χ0v) is 19.6. The third kappa shape index (κ3) is 4.43. The van der Waals surface area contributed by atoms with Crippen molar-refractivity contribution in [1.82, 2.24) is 29.3 Å². The molecule has 1 saturated heterocycles. The van der Waals surface area contributed by atoms with Crippen molar-refractivity contribution in [2.24, 2.45) is 0 Å². The van der Waals surface area contributed by atoms with Crippen molar-refractivity contribution in [3.05, 3.63) is 66.4 Å². The molecule has 0 amide bonds. The summed E-state index contributed by atoms with van der Waals surface area (Å²) in [6, 6.07) is 16.6. The zero-order valence-electron chi connectivity index (χ0n) is 18.0. The molecule has 3 heterocycles. The average Bonchev–Trinajstić information content (AvgIpc) is 3.59. The molecule has 1 fully saturated rings. The summed E-state index contributed by atoms with van der Waals surface area (Å²) < 4.78 is 35.1. The minimum atomic E-state index is -3.54. The lowest BCUT2D eigenvalue weighted by Gasteiger charge is -2.16. The Morgan fingerprint density at radius 2 is 1.76 bits per heavy atom. The lowest BCUT2D eigenvalue weighted by molar-refractivity contribution is 0.477. The van der Waals surface area contributed by atoms with Crippen LogP contribution in [0.3, 0.4) is 0 Å². The molecule has 0 bridgehead atoms. The number of thioether (sulfide) groups is 1. The third-order valence-electron chi connectivity index (χ3n) is 5.34. The molecule has 0 N–H and O–H groups in total. The predicted octanol–water partition coefficient (Wildman–Crippen LogP) is 3.70. The smallest absolute Gasteiger partial charge is 0.243 e. The highest BCUT2D eigenvalue weighted by Gasteiger charge is 2.28. The Bertz CT molecular complexity index is 1360. The molecule has 0 aliphatic carbocycles. The van der Waals surface area contributed by atoms with Crippen molar-refractivity contribution >= 4 is 21.8 Å². The first kappa shape index (κ1) is 21.8. The highest BCUT2D eigenvalue weighted by Crippen LogP contribution is 2.31. The number of aryl methyl sites for hydroxylation is 1. The fraction of sp³-hybridized carbons (Fsp3) is 0.273. The standard InChI is InChI=1S/C22H22N6O3S2/c1-16-23-24-20(31-16)15-32-22-26-25-21(28(22)18-9-3-2-4-10-18)17-8-7-11-19(14-17)33(29,30)27-12-5-6-13-27/h2-4,7-11,14H,5-6,12-13,15H2,1H3. The number of sulfonamides is 1. The Kier molecular flexibility index (Phi) is 6.00. The normalized spacial score (nSPS) is 14.7. The molecule has 0 atom stereocenters. The molecule has 1 aliphatic rings. The summed E-state index contributed by atoms with van der Waals surface area (Å²) in [6.07, 6.45) is 1.78. The van der Waals surface area contributed by atoms with E-state index in [9.17, 15) is 8.42 Å². The summed E-state index contributed by atoms with van der Waals surface area (Å²) in [4.78, 5) is 0.264. The summed E-state index contributed by atoms with van der Waals surface area (Å²) in [5.41, 5.74) is 1.54. The van der Waals surface area contributed by atoms with Gasteiger partial charge in [0.15, 0.2) is 11.0 Å². The van der Waals surface area contributed by atoms with Gasteiger partial charge in [0.1, 0.15) is 0 Å². The van der Waals surface area contributed by atoms with E-state index in [1.165, 1.54) is 11.8 Å². The van der Waals surface area contributed by atoms with Crippen molar-refractivity contribution < 1.29 is 12.8 Å². The van der Waals surface area contributed by atoms with Crippen LogP contribution in [0.4, 0.5) is 0 Å². The lowest BCUT2D eigenvalue weighted by atomic mass is 10.2. The Morgan fingerprint density at radius 1 is 0.970 bits per heavy atom. The molecule has 1 aliphatic heterocycles. The predicted molar refractivity (Wildman–Crippen MR) is 123 cm³/mol. The van der Waals surface area contributed by atoms with E-state index in [1.807, 2.05) is 41.0 Å². The molecule has 33 heavy (non-hydrogen) atoms. The summed E-state index contributed by atoms with van der Waals surface area (Å²) in [5.74, 6) is 2.01. The Morgan fingerprint density at radius 3 is 2.48 bits per heavy atom. The van der Waals surface area contributed by atoms with E-state index in [0.717, 1.165) is 18.5 Å². The van der Waals surface area contributed by atoms with Crippen LogP contribution in [0.15, 0.2) is 69.1 Å². The molecular weight excluding hydrogens is 460 g/mol. The van der Waals surface area contributed by atoms with Crippen LogP contribution in [0.2, 0.25) is 0 Å². The van der Waals surface area contributed by atoms with E-state index in [0.29, 0.717) is 47.2 Å². The monoisotopic (exact) mass is 482 g/mol. The van der Waals surface area contributed by atoms with E-state index >= 15 is 0 Å². The average molecular weight is 483 g/mol. The number of hydrogen-bond donors (Lipinski definition) is 0. The van der Waals surface area contributed by atoms with Gasteiger partial charge in [-0.15, -0.1) is 20.4 Å². The van der Waals surface area contributed by atoms with Gasteiger partial charge in [-0.1, -0.05) is 42.1 Å². The van der Waals surface area contributed by atoms with E-state index in [4.69, 9.17) is 4.42 Å². The highest BCUT2D eigenvalue weighted by atomic mass is 32.2. The second-order valence-electron chi connectivity index (χ2n) is 7.62. The minimum Gasteiger partial charge on any atom is -0.425 e. The van der Waals surface area contributed by atoms with E-state index < -0.39 is 10.0 Å². The number of benzene rings is 2. The Labute approximate surface area is 195 Å². The number of hydrogen-bond acceptors (Lipinski definition) is 8. The van der Waals surface area contributed by atoms with Crippen LogP contribution in [0.1, 0.15) is 24.6 Å². The molecule has 4 aromatic rings. The summed E-state index contributed by atoms with van der Waals surface area (Å²) in [6.45, 7) is 2.86. The molecule has 170 valence electrons. The summed E-state index contributed by atoms with van der Waals surface area (Å²) in [5, 5.41) is 17.3. The molecule has 0 saturated carbocycles. The summed E-state index contributed by atoms with van der Waals surface area (Å²) in [7, 11) is -3.54. The van der Waals surface area contributed by atoms with Crippen LogP contribution in [-0.4, -0.2) is 50.8 Å². The maximum absolute atomic E-state index is 13.1. The van der Waals surface area contributed by atoms with Gasteiger partial charge in [-0.25, -0.2) is 8.42 Å². The number of rotatable bonds is 7. The van der Waals surface area contributed by atoms with E-state index in [1.54, 1.807) is 29.4 Å². The number of aromatic nitrogens is 5. The van der Waals surface area contributed by atoms with Gasteiger partial charge in [-0.2, -0.15) is 4.31 Å². The van der Waals surface area contributed by atoms with Crippen LogP contribution in [0.25, 0.3) is 17.1 Å². The van der Waals surface area contributed by atoms with Crippen LogP contribution in [-0.2, 0) is 15.8 Å². The van der Waals surface area contributed by atoms with Crippen molar-refractivity contribution in [3.63, 3.8) is 0 Å². The van der Waals surface area contributed by atoms with Crippen LogP contribution >= 0.6 is 11.8 Å². The minimum absolute atomic E-state index is 0.264. The maximum atomic E-state index is 13.1. The SMILES string of the molecule is Cc1nnc(CSc2nnc(-c3cccc(S(=O)(=O)N4CCCC4)c3)n2-c2ccccc2)o1. The van der Waals surface area contributed by atoms with Gasteiger partial charge in [-0.3, -0.25) is 4.57 Å². The van der Waals surface area contributed by atoms with Gasteiger partial charge < -0.3 is 4.42 Å².